The van der Waals surface area contributed by atoms with Crippen LogP contribution in [-0.4, -0.2) is 16.9 Å². The zero-order chi connectivity index (χ0) is 22.7. The van der Waals surface area contributed by atoms with Gasteiger partial charge in [0.1, 0.15) is 17.9 Å². The monoisotopic (exact) mass is 526 g/mol. The molecule has 1 aliphatic rings. The predicted octanol–water partition coefficient (Wildman–Crippen LogP) is 5.51. The maximum Gasteiger partial charge on any atom is 0.270 e. The van der Waals surface area contributed by atoms with Gasteiger partial charge in [-0.3, -0.25) is 19.8 Å². The number of hydrogen-bond donors (Lipinski definition) is 1. The van der Waals surface area contributed by atoms with Crippen LogP contribution >= 0.6 is 39.7 Å². The molecule has 3 aromatic carbocycles. The smallest absolute Gasteiger partial charge is 0.270 e. The third-order valence-corrected chi connectivity index (χ3v) is 6.02. The number of thiocarbonyl (C=S) groups is 1. The first kappa shape index (κ1) is 22.2. The Hall–Kier alpha value is -3.00. The fourth-order valence-electron chi connectivity index (χ4n) is 3.16. The Morgan fingerprint density at radius 1 is 1.03 bits per heavy atom. The second-order valence-corrected chi connectivity index (χ2v) is 8.53. The van der Waals surface area contributed by atoms with Crippen molar-refractivity contribution in [3.8, 4) is 5.75 Å². The van der Waals surface area contributed by atoms with Gasteiger partial charge in [-0.25, -0.2) is 0 Å². The molecule has 3 aromatic rings. The SMILES string of the molecule is O=C1NC(=S)N(c2ccccc2)C(=O)/C1=C\c1cc(Cl)ccc1OCc1ccccc1Br. The van der Waals surface area contributed by atoms with Crippen LogP contribution in [0.3, 0.4) is 0 Å². The van der Waals surface area contributed by atoms with E-state index in [1.54, 1.807) is 42.5 Å². The number of nitrogens with one attached hydrogen (secondary N) is 1. The molecular weight excluding hydrogens is 512 g/mol. The van der Waals surface area contributed by atoms with E-state index in [0.717, 1.165) is 10.0 Å². The number of ether oxygens (including phenoxy) is 1. The van der Waals surface area contributed by atoms with E-state index < -0.39 is 11.8 Å². The Labute approximate surface area is 203 Å². The molecule has 1 fully saturated rings. The summed E-state index contributed by atoms with van der Waals surface area (Å²) in [5.41, 5.74) is 1.94. The second-order valence-electron chi connectivity index (χ2n) is 6.86. The molecule has 5 nitrogen and oxygen atoms in total. The van der Waals surface area contributed by atoms with Crippen molar-refractivity contribution in [1.29, 1.82) is 0 Å². The van der Waals surface area contributed by atoms with E-state index in [1.807, 2.05) is 30.3 Å². The highest BCUT2D eigenvalue weighted by molar-refractivity contribution is 9.10. The highest BCUT2D eigenvalue weighted by Crippen LogP contribution is 2.29. The van der Waals surface area contributed by atoms with E-state index in [9.17, 15) is 9.59 Å². The van der Waals surface area contributed by atoms with Crippen molar-refractivity contribution < 1.29 is 14.3 Å². The number of carbonyl (C=O) groups is 2. The molecule has 8 heteroatoms. The molecule has 0 aliphatic carbocycles. The van der Waals surface area contributed by atoms with Crippen LogP contribution in [-0.2, 0) is 16.2 Å². The number of hydrogen-bond acceptors (Lipinski definition) is 4. The normalized spacial score (nSPS) is 15.1. The number of halogens is 2. The van der Waals surface area contributed by atoms with E-state index in [2.05, 4.69) is 21.2 Å². The van der Waals surface area contributed by atoms with Gasteiger partial charge in [0.25, 0.3) is 11.8 Å². The van der Waals surface area contributed by atoms with Gasteiger partial charge in [-0.15, -0.1) is 0 Å². The summed E-state index contributed by atoms with van der Waals surface area (Å²) in [6, 6.07) is 21.6. The van der Waals surface area contributed by atoms with Crippen LogP contribution in [0.5, 0.6) is 5.75 Å². The molecule has 1 N–H and O–H groups in total. The summed E-state index contributed by atoms with van der Waals surface area (Å²) in [6.07, 6.45) is 1.47. The van der Waals surface area contributed by atoms with Crippen molar-refractivity contribution in [3.05, 3.63) is 99.0 Å². The summed E-state index contributed by atoms with van der Waals surface area (Å²) < 4.78 is 6.91. The third kappa shape index (κ3) is 4.75. The van der Waals surface area contributed by atoms with Gasteiger partial charge in [0.15, 0.2) is 5.11 Å². The summed E-state index contributed by atoms with van der Waals surface area (Å²) in [4.78, 5) is 27.1. The molecule has 0 aromatic heterocycles. The lowest BCUT2D eigenvalue weighted by atomic mass is 10.1. The molecule has 0 unspecified atom stereocenters. The van der Waals surface area contributed by atoms with Gasteiger partial charge in [-0.2, -0.15) is 0 Å². The number of anilines is 1. The minimum Gasteiger partial charge on any atom is -0.488 e. The summed E-state index contributed by atoms with van der Waals surface area (Å²) in [6.45, 7) is 0.291. The average Bonchev–Trinajstić information content (AvgIpc) is 2.77. The van der Waals surface area contributed by atoms with Gasteiger partial charge in [0.2, 0.25) is 0 Å². The maximum absolute atomic E-state index is 13.2. The Bertz CT molecular complexity index is 1250. The van der Waals surface area contributed by atoms with Gasteiger partial charge in [-0.05, 0) is 54.7 Å². The largest absolute Gasteiger partial charge is 0.488 e. The molecule has 1 heterocycles. The van der Waals surface area contributed by atoms with Crippen molar-refractivity contribution in [2.24, 2.45) is 0 Å². The van der Waals surface area contributed by atoms with E-state index in [1.165, 1.54) is 11.0 Å². The van der Waals surface area contributed by atoms with Gasteiger partial charge in [-0.1, -0.05) is 63.9 Å². The van der Waals surface area contributed by atoms with Crippen LogP contribution in [0.4, 0.5) is 5.69 Å². The number of rotatable bonds is 5. The molecule has 0 radical (unpaired) electrons. The molecule has 0 atom stereocenters. The van der Waals surface area contributed by atoms with Crippen LogP contribution in [0.25, 0.3) is 6.08 Å². The lowest BCUT2D eigenvalue weighted by Gasteiger charge is -2.29. The maximum atomic E-state index is 13.2. The van der Waals surface area contributed by atoms with Crippen molar-refractivity contribution in [2.75, 3.05) is 4.90 Å². The van der Waals surface area contributed by atoms with Gasteiger partial charge >= 0.3 is 0 Å². The van der Waals surface area contributed by atoms with Crippen molar-refractivity contribution >= 4 is 68.4 Å². The first-order chi connectivity index (χ1) is 15.4. The molecule has 0 spiro atoms. The zero-order valence-electron chi connectivity index (χ0n) is 16.5. The Morgan fingerprint density at radius 2 is 1.75 bits per heavy atom. The zero-order valence-corrected chi connectivity index (χ0v) is 19.7. The minimum absolute atomic E-state index is 0.0276. The number of benzene rings is 3. The van der Waals surface area contributed by atoms with Gasteiger partial charge < -0.3 is 4.74 Å². The van der Waals surface area contributed by atoms with E-state index in [0.29, 0.717) is 28.6 Å². The molecule has 1 saturated heterocycles. The minimum atomic E-state index is -0.580. The van der Waals surface area contributed by atoms with Crippen LogP contribution in [0.2, 0.25) is 5.02 Å². The van der Waals surface area contributed by atoms with Crippen molar-refractivity contribution in [2.45, 2.75) is 6.61 Å². The molecular formula is C24H16BrClN2O3S. The number of carbonyl (C=O) groups excluding carboxylic acids is 2. The van der Waals surface area contributed by atoms with Crippen LogP contribution in [0.1, 0.15) is 11.1 Å². The standard InChI is InChI=1S/C24H16BrClN2O3S/c25-20-9-5-4-6-15(20)14-31-21-11-10-17(26)12-16(21)13-19-22(29)27-24(32)28(23(19)30)18-7-2-1-3-8-18/h1-13H,14H2,(H,27,29,32)/b19-13-. The molecule has 160 valence electrons. The van der Waals surface area contributed by atoms with Crippen LogP contribution < -0.4 is 15.0 Å². The molecule has 0 bridgehead atoms. The fraction of sp³-hybridized carbons (Fsp3) is 0.0417. The lowest BCUT2D eigenvalue weighted by Crippen LogP contribution is -2.54. The number of amides is 2. The fourth-order valence-corrected chi connectivity index (χ4v) is 4.02. The summed E-state index contributed by atoms with van der Waals surface area (Å²) in [5, 5.41) is 3.05. The van der Waals surface area contributed by atoms with E-state index in [-0.39, 0.29) is 10.7 Å². The highest BCUT2D eigenvalue weighted by Gasteiger charge is 2.34. The lowest BCUT2D eigenvalue weighted by molar-refractivity contribution is -0.122. The Morgan fingerprint density at radius 3 is 2.50 bits per heavy atom. The summed E-state index contributed by atoms with van der Waals surface area (Å²) >= 11 is 14.9. The third-order valence-electron chi connectivity index (χ3n) is 4.73. The van der Waals surface area contributed by atoms with Gasteiger partial charge in [0.05, 0.1) is 5.69 Å². The summed E-state index contributed by atoms with van der Waals surface area (Å²) in [7, 11) is 0. The highest BCUT2D eigenvalue weighted by atomic mass is 79.9. The van der Waals surface area contributed by atoms with E-state index in [4.69, 9.17) is 28.6 Å². The van der Waals surface area contributed by atoms with Crippen molar-refractivity contribution in [3.63, 3.8) is 0 Å². The van der Waals surface area contributed by atoms with Crippen molar-refractivity contribution in [1.82, 2.24) is 5.32 Å². The Kier molecular flexibility index (Phi) is 6.69. The molecule has 0 saturated carbocycles. The van der Waals surface area contributed by atoms with Gasteiger partial charge in [0, 0.05) is 20.6 Å². The first-order valence-corrected chi connectivity index (χ1v) is 11.1. The predicted molar refractivity (Wildman–Crippen MR) is 133 cm³/mol. The molecule has 2 amide bonds. The summed E-state index contributed by atoms with van der Waals surface area (Å²) in [5.74, 6) is -0.622. The Balaban J connectivity index is 1.68. The van der Waals surface area contributed by atoms with Crippen LogP contribution in [0, 0.1) is 0 Å². The average molecular weight is 528 g/mol. The van der Waals surface area contributed by atoms with Crippen LogP contribution in [0.15, 0.2) is 82.8 Å². The quantitative estimate of drug-likeness (QED) is 0.270. The molecule has 1 aliphatic heterocycles. The molecule has 4 rings (SSSR count). The number of para-hydroxylation sites is 1. The van der Waals surface area contributed by atoms with E-state index >= 15 is 0 Å². The topological polar surface area (TPSA) is 58.6 Å². The number of nitrogens with zero attached hydrogens (tertiary/aromatic N) is 1. The first-order valence-electron chi connectivity index (χ1n) is 9.56. The second kappa shape index (κ2) is 9.65. The molecule has 32 heavy (non-hydrogen) atoms.